The molecule has 0 radical (unpaired) electrons. The highest BCUT2D eigenvalue weighted by Crippen LogP contribution is 2.42. The van der Waals surface area contributed by atoms with Gasteiger partial charge < -0.3 is 9.47 Å². The van der Waals surface area contributed by atoms with Crippen LogP contribution in [0.1, 0.15) is 22.1 Å². The molecule has 1 saturated heterocycles. The fraction of sp³-hybridized carbons (Fsp3) is 0.188. The average Bonchev–Trinajstić information content (AvgIpc) is 3.22. The summed E-state index contributed by atoms with van der Waals surface area (Å²) < 4.78 is 10.7. The summed E-state index contributed by atoms with van der Waals surface area (Å²) in [6, 6.07) is 3.78. The molecule has 0 spiro atoms. The molecule has 5 nitrogen and oxygen atoms in total. The van der Waals surface area contributed by atoms with Crippen LogP contribution < -0.4 is 9.47 Å². The maximum Gasteiger partial charge on any atom is 0.231 e. The van der Waals surface area contributed by atoms with Crippen LogP contribution in [-0.2, 0) is 4.79 Å². The van der Waals surface area contributed by atoms with Gasteiger partial charge in [-0.05, 0) is 36.3 Å². The highest BCUT2D eigenvalue weighted by molar-refractivity contribution is 8.19. The van der Waals surface area contributed by atoms with E-state index in [2.05, 4.69) is 4.98 Å². The van der Waals surface area contributed by atoms with Gasteiger partial charge in [0.25, 0.3) is 0 Å². The lowest BCUT2D eigenvalue weighted by Crippen LogP contribution is -2.11. The van der Waals surface area contributed by atoms with Gasteiger partial charge in [-0.25, -0.2) is 4.98 Å². The average molecular weight is 344 g/mol. The van der Waals surface area contributed by atoms with Gasteiger partial charge >= 0.3 is 0 Å². The lowest BCUT2D eigenvalue weighted by molar-refractivity contribution is -0.114. The van der Waals surface area contributed by atoms with Gasteiger partial charge in [-0.3, -0.25) is 10.2 Å². The number of Topliss-reactive ketones (excluding diaryl/α,β-unsaturated/α-hetero) is 1. The summed E-state index contributed by atoms with van der Waals surface area (Å²) in [5, 5.41) is 10.9. The lowest BCUT2D eigenvalue weighted by atomic mass is 10.0. The number of benzene rings is 1. The summed E-state index contributed by atoms with van der Waals surface area (Å²) in [4.78, 5) is 17.4. The topological polar surface area (TPSA) is 72.3 Å². The van der Waals surface area contributed by atoms with E-state index in [9.17, 15) is 4.79 Å². The summed E-state index contributed by atoms with van der Waals surface area (Å²) in [5.41, 5.74) is 1.90. The number of aryl methyl sites for hydroxylation is 1. The number of carbonyl (C=O) groups is 1. The highest BCUT2D eigenvalue weighted by atomic mass is 32.2. The van der Waals surface area contributed by atoms with Crippen molar-refractivity contribution >= 4 is 40.0 Å². The molecule has 1 unspecified atom stereocenters. The van der Waals surface area contributed by atoms with Crippen LogP contribution in [0.3, 0.4) is 0 Å². The van der Waals surface area contributed by atoms with Crippen LogP contribution >= 0.6 is 23.1 Å². The minimum absolute atomic E-state index is 0.0629. The van der Waals surface area contributed by atoms with Gasteiger partial charge in [-0.1, -0.05) is 11.8 Å². The van der Waals surface area contributed by atoms with Gasteiger partial charge in [-0.2, -0.15) is 0 Å². The fourth-order valence-electron chi connectivity index (χ4n) is 2.55. The van der Waals surface area contributed by atoms with E-state index in [0.29, 0.717) is 20.7 Å². The number of hydrogen-bond acceptors (Lipinski definition) is 7. The fourth-order valence-corrected chi connectivity index (χ4v) is 4.34. The normalized spacial score (nSPS) is 21.4. The summed E-state index contributed by atoms with van der Waals surface area (Å²) in [7, 11) is 0. The van der Waals surface area contributed by atoms with Crippen LogP contribution in [0.4, 0.5) is 0 Å². The summed E-state index contributed by atoms with van der Waals surface area (Å²) >= 11 is 2.61. The number of thiazole rings is 1. The molecule has 7 heteroatoms. The Morgan fingerprint density at radius 2 is 2.13 bits per heavy atom. The van der Waals surface area contributed by atoms with Crippen molar-refractivity contribution in [2.75, 3.05) is 6.79 Å². The first-order chi connectivity index (χ1) is 11.1. The largest absolute Gasteiger partial charge is 0.454 e. The van der Waals surface area contributed by atoms with Crippen molar-refractivity contribution in [3.05, 3.63) is 44.7 Å². The maximum atomic E-state index is 12.6. The number of nitrogens with one attached hydrogen (secondary N) is 1. The molecule has 0 saturated carbocycles. The molecule has 0 amide bonds. The first kappa shape index (κ1) is 14.5. The van der Waals surface area contributed by atoms with Crippen LogP contribution in [0.25, 0.3) is 6.08 Å². The van der Waals surface area contributed by atoms with Gasteiger partial charge in [0.1, 0.15) is 10.9 Å². The van der Waals surface area contributed by atoms with Crippen molar-refractivity contribution in [2.24, 2.45) is 0 Å². The van der Waals surface area contributed by atoms with Crippen molar-refractivity contribution in [1.82, 2.24) is 4.98 Å². The molecule has 1 N–H and O–H groups in total. The van der Waals surface area contributed by atoms with Gasteiger partial charge in [0, 0.05) is 11.6 Å². The third-order valence-corrected chi connectivity index (χ3v) is 5.57. The molecular weight excluding hydrogens is 332 g/mol. The Morgan fingerprint density at radius 1 is 1.35 bits per heavy atom. The zero-order valence-electron chi connectivity index (χ0n) is 12.2. The Kier molecular flexibility index (Phi) is 3.46. The number of nitrogens with zero attached hydrogens (tertiary/aromatic N) is 1. The Bertz CT molecular complexity index is 843. The molecule has 1 fully saturated rings. The minimum atomic E-state index is -0.555. The molecule has 2 aliphatic rings. The van der Waals surface area contributed by atoms with E-state index in [1.807, 2.05) is 30.5 Å². The van der Waals surface area contributed by atoms with Gasteiger partial charge in [-0.15, -0.1) is 11.3 Å². The van der Waals surface area contributed by atoms with Crippen LogP contribution in [0.5, 0.6) is 11.5 Å². The predicted octanol–water partition coefficient (Wildman–Crippen LogP) is 3.60. The number of ketones is 1. The molecule has 0 aliphatic carbocycles. The Balaban J connectivity index is 1.70. The van der Waals surface area contributed by atoms with Gasteiger partial charge in [0.05, 0.1) is 9.95 Å². The zero-order valence-corrected chi connectivity index (χ0v) is 13.8. The predicted molar refractivity (Wildman–Crippen MR) is 90.5 cm³/mol. The number of hydrogen-bond donors (Lipinski definition) is 1. The molecule has 3 heterocycles. The molecule has 1 atom stereocenters. The van der Waals surface area contributed by atoms with Crippen molar-refractivity contribution in [3.8, 4) is 11.5 Å². The third kappa shape index (κ3) is 2.46. The van der Waals surface area contributed by atoms with Crippen molar-refractivity contribution in [3.63, 3.8) is 0 Å². The second-order valence-electron chi connectivity index (χ2n) is 5.20. The van der Waals surface area contributed by atoms with E-state index < -0.39 is 5.92 Å². The number of aromatic nitrogens is 1. The summed E-state index contributed by atoms with van der Waals surface area (Å²) in [6.07, 6.45) is 3.49. The van der Waals surface area contributed by atoms with Crippen molar-refractivity contribution in [1.29, 1.82) is 5.41 Å². The molecule has 2 aliphatic heterocycles. The number of fused-ring (bicyclic) bond motifs is 1. The van der Waals surface area contributed by atoms with E-state index >= 15 is 0 Å². The molecule has 1 aromatic heterocycles. The Hall–Kier alpha value is -2.12. The van der Waals surface area contributed by atoms with Crippen LogP contribution in [0, 0.1) is 12.3 Å². The van der Waals surface area contributed by atoms with E-state index in [1.165, 1.54) is 23.1 Å². The number of allylic oxidation sites excluding steroid dienone is 1. The smallest absolute Gasteiger partial charge is 0.231 e. The monoisotopic (exact) mass is 344 g/mol. The third-order valence-electron chi connectivity index (χ3n) is 3.73. The first-order valence-electron chi connectivity index (χ1n) is 6.95. The second kappa shape index (κ2) is 5.50. The first-order valence-corrected chi connectivity index (χ1v) is 8.65. The SMILES string of the molecule is Cc1cc2c(cc1C=C1SC(=N)C(c3nccs3)C1=O)OCO2. The molecule has 1 aromatic carbocycles. The summed E-state index contributed by atoms with van der Waals surface area (Å²) in [6.45, 7) is 2.18. The van der Waals surface area contributed by atoms with Crippen LogP contribution in [0.15, 0.2) is 28.6 Å². The number of thioether (sulfide) groups is 1. The van der Waals surface area contributed by atoms with E-state index in [-0.39, 0.29) is 12.6 Å². The van der Waals surface area contributed by atoms with Crippen LogP contribution in [0.2, 0.25) is 0 Å². The van der Waals surface area contributed by atoms with Gasteiger partial charge in [0.15, 0.2) is 17.3 Å². The lowest BCUT2D eigenvalue weighted by Gasteiger charge is -2.04. The zero-order chi connectivity index (χ0) is 16.0. The van der Waals surface area contributed by atoms with Crippen molar-refractivity contribution in [2.45, 2.75) is 12.8 Å². The quantitative estimate of drug-likeness (QED) is 0.843. The second-order valence-corrected chi connectivity index (χ2v) is 7.21. The molecule has 2 aromatic rings. The summed E-state index contributed by atoms with van der Waals surface area (Å²) in [5.74, 6) is 0.792. The molecule has 23 heavy (non-hydrogen) atoms. The molecular formula is C16H12N2O3S2. The molecule has 116 valence electrons. The number of rotatable bonds is 2. The Morgan fingerprint density at radius 3 is 2.87 bits per heavy atom. The number of carbonyl (C=O) groups excluding carboxylic acids is 1. The Labute approximate surface area is 140 Å². The molecule has 0 bridgehead atoms. The van der Waals surface area contributed by atoms with Crippen molar-refractivity contribution < 1.29 is 14.3 Å². The molecule has 4 rings (SSSR count). The van der Waals surface area contributed by atoms with Gasteiger partial charge in [0.2, 0.25) is 6.79 Å². The van der Waals surface area contributed by atoms with E-state index in [4.69, 9.17) is 14.9 Å². The van der Waals surface area contributed by atoms with Crippen LogP contribution in [-0.4, -0.2) is 22.6 Å². The standard InChI is InChI=1S/C16H12N2O3S2/c1-8-4-10-11(21-7-20-10)5-9(8)6-12-14(19)13(15(17)23-12)16-18-2-3-22-16/h2-6,13,17H,7H2,1H3. The maximum absolute atomic E-state index is 12.6. The number of ether oxygens (including phenoxy) is 2. The van der Waals surface area contributed by atoms with E-state index in [0.717, 1.165) is 16.9 Å². The highest BCUT2D eigenvalue weighted by Gasteiger charge is 2.38. The van der Waals surface area contributed by atoms with E-state index in [1.54, 1.807) is 6.20 Å². The minimum Gasteiger partial charge on any atom is -0.454 e.